The highest BCUT2D eigenvalue weighted by molar-refractivity contribution is 6.00. The van der Waals surface area contributed by atoms with Crippen LogP contribution < -0.4 is 10.1 Å². The van der Waals surface area contributed by atoms with Crippen molar-refractivity contribution in [1.29, 1.82) is 0 Å². The van der Waals surface area contributed by atoms with Gasteiger partial charge >= 0.3 is 12.1 Å². The lowest BCUT2D eigenvalue weighted by Gasteiger charge is -2.20. The van der Waals surface area contributed by atoms with E-state index in [4.69, 9.17) is 4.74 Å². The maximum absolute atomic E-state index is 12.4. The van der Waals surface area contributed by atoms with Crippen molar-refractivity contribution in [2.75, 3.05) is 18.4 Å². The quantitative estimate of drug-likeness (QED) is 0.671. The first-order chi connectivity index (χ1) is 14.9. The Bertz CT molecular complexity index is 1100. The second kappa shape index (κ2) is 8.38. The molecule has 31 heavy (non-hydrogen) atoms. The van der Waals surface area contributed by atoms with Gasteiger partial charge in [-0.05, 0) is 19.9 Å². The number of aromatic nitrogens is 5. The van der Waals surface area contributed by atoms with E-state index in [-0.39, 0.29) is 18.0 Å². The zero-order valence-electron chi connectivity index (χ0n) is 17.4. The first kappa shape index (κ1) is 20.3. The summed E-state index contributed by atoms with van der Waals surface area (Å²) in [7, 11) is 1.83. The zero-order chi connectivity index (χ0) is 22.0. The van der Waals surface area contributed by atoms with Gasteiger partial charge in [0.15, 0.2) is 5.75 Å². The smallest absolute Gasteiger partial charge is 0.332 e. The van der Waals surface area contributed by atoms with Gasteiger partial charge in [0.1, 0.15) is 5.75 Å². The largest absolute Gasteiger partial charge is 0.454 e. The highest BCUT2D eigenvalue weighted by atomic mass is 16.5. The molecule has 1 saturated heterocycles. The third-order valence-corrected chi connectivity index (χ3v) is 4.72. The molecule has 1 aliphatic heterocycles. The van der Waals surface area contributed by atoms with Crippen LogP contribution in [0.2, 0.25) is 0 Å². The fraction of sp³-hybridized carbons (Fsp3) is 0.300. The summed E-state index contributed by atoms with van der Waals surface area (Å²) in [5, 5.41) is 6.68. The molecule has 4 rings (SSSR count). The van der Waals surface area contributed by atoms with Crippen LogP contribution in [0.4, 0.5) is 15.5 Å². The number of carbonyl (C=O) groups excluding carboxylic acids is 2. The van der Waals surface area contributed by atoms with Gasteiger partial charge in [-0.3, -0.25) is 15.0 Å². The van der Waals surface area contributed by atoms with Crippen LogP contribution in [-0.4, -0.2) is 65.7 Å². The van der Waals surface area contributed by atoms with E-state index in [2.05, 4.69) is 25.4 Å². The summed E-state index contributed by atoms with van der Waals surface area (Å²) in [4.78, 5) is 40.0. The Balaban J connectivity index is 1.39. The molecule has 0 aromatic carbocycles. The lowest BCUT2D eigenvalue weighted by Crippen LogP contribution is -2.41. The highest BCUT2D eigenvalue weighted by Gasteiger charge is 2.34. The number of rotatable bonds is 5. The molecule has 0 aliphatic carbocycles. The first-order valence-electron chi connectivity index (χ1n) is 9.75. The van der Waals surface area contributed by atoms with Gasteiger partial charge < -0.3 is 9.64 Å². The molecule has 0 spiro atoms. The lowest BCUT2D eigenvalue weighted by molar-refractivity contribution is 0.183. The van der Waals surface area contributed by atoms with Crippen LogP contribution >= 0.6 is 0 Å². The summed E-state index contributed by atoms with van der Waals surface area (Å²) in [6.07, 6.45) is 8.11. The number of aryl methyl sites for hydroxylation is 1. The molecule has 11 heteroatoms. The molecule has 1 fully saturated rings. The molecular weight excluding hydrogens is 400 g/mol. The predicted molar refractivity (Wildman–Crippen MR) is 112 cm³/mol. The van der Waals surface area contributed by atoms with Crippen LogP contribution in [0, 0.1) is 0 Å². The molecule has 3 aromatic rings. The van der Waals surface area contributed by atoms with Crippen LogP contribution in [0.5, 0.6) is 11.5 Å². The van der Waals surface area contributed by atoms with Crippen LogP contribution in [0.15, 0.2) is 43.1 Å². The molecule has 160 valence electrons. The monoisotopic (exact) mass is 422 g/mol. The van der Waals surface area contributed by atoms with Crippen LogP contribution in [-0.2, 0) is 7.05 Å². The zero-order valence-corrected chi connectivity index (χ0v) is 17.4. The molecule has 4 amide bonds. The van der Waals surface area contributed by atoms with Crippen molar-refractivity contribution in [2.45, 2.75) is 19.9 Å². The SMILES string of the molecule is CC(C)N1CCN(C(=O)Nc2ncc(Oc3ccnc(-c4cnn(C)c4)c3)cn2)C1=O. The fourth-order valence-corrected chi connectivity index (χ4v) is 3.14. The van der Waals surface area contributed by atoms with Gasteiger partial charge in [-0.25, -0.2) is 24.5 Å². The minimum atomic E-state index is -0.558. The molecule has 11 nitrogen and oxygen atoms in total. The molecule has 3 aromatic heterocycles. The maximum Gasteiger partial charge on any atom is 0.332 e. The number of urea groups is 2. The second-order valence-electron chi connectivity index (χ2n) is 7.28. The Labute approximate surface area is 178 Å². The highest BCUT2D eigenvalue weighted by Crippen LogP contribution is 2.25. The van der Waals surface area contributed by atoms with Crippen LogP contribution in [0.1, 0.15) is 13.8 Å². The minimum absolute atomic E-state index is 0.0323. The van der Waals surface area contributed by atoms with E-state index < -0.39 is 6.03 Å². The van der Waals surface area contributed by atoms with Gasteiger partial charge in [0.25, 0.3) is 0 Å². The number of ether oxygens (including phenoxy) is 1. The fourth-order valence-electron chi connectivity index (χ4n) is 3.14. The number of imide groups is 1. The number of hydrogen-bond acceptors (Lipinski definition) is 7. The van der Waals surface area contributed by atoms with E-state index in [1.165, 1.54) is 12.4 Å². The Morgan fingerprint density at radius 3 is 2.55 bits per heavy atom. The third kappa shape index (κ3) is 4.44. The maximum atomic E-state index is 12.4. The van der Waals surface area contributed by atoms with E-state index in [9.17, 15) is 9.59 Å². The van der Waals surface area contributed by atoms with E-state index in [0.29, 0.717) is 24.6 Å². The Morgan fingerprint density at radius 2 is 1.90 bits per heavy atom. The topological polar surface area (TPSA) is 118 Å². The molecule has 0 bridgehead atoms. The summed E-state index contributed by atoms with van der Waals surface area (Å²) in [5.41, 5.74) is 1.59. The van der Waals surface area contributed by atoms with Crippen LogP contribution in [0.3, 0.4) is 0 Å². The summed E-state index contributed by atoms with van der Waals surface area (Å²) >= 11 is 0. The van der Waals surface area contributed by atoms with Gasteiger partial charge in [0, 0.05) is 50.2 Å². The molecule has 0 saturated carbocycles. The molecule has 1 N–H and O–H groups in total. The molecule has 0 unspecified atom stereocenters. The van der Waals surface area contributed by atoms with Crippen molar-refractivity contribution in [1.82, 2.24) is 34.5 Å². The van der Waals surface area contributed by atoms with Crippen molar-refractivity contribution in [3.8, 4) is 22.8 Å². The van der Waals surface area contributed by atoms with E-state index in [0.717, 1.165) is 16.2 Å². The van der Waals surface area contributed by atoms with Crippen molar-refractivity contribution in [2.24, 2.45) is 7.05 Å². The number of carbonyl (C=O) groups is 2. The first-order valence-corrected chi connectivity index (χ1v) is 9.75. The predicted octanol–water partition coefficient (Wildman–Crippen LogP) is 2.74. The Kier molecular flexibility index (Phi) is 5.48. The van der Waals surface area contributed by atoms with Crippen molar-refractivity contribution in [3.05, 3.63) is 43.1 Å². The van der Waals surface area contributed by atoms with Gasteiger partial charge in [0.05, 0.1) is 24.3 Å². The van der Waals surface area contributed by atoms with Crippen molar-refractivity contribution in [3.63, 3.8) is 0 Å². The number of nitrogens with zero attached hydrogens (tertiary/aromatic N) is 7. The number of hydrogen-bond donors (Lipinski definition) is 1. The van der Waals surface area contributed by atoms with Gasteiger partial charge in [0.2, 0.25) is 5.95 Å². The van der Waals surface area contributed by atoms with Gasteiger partial charge in [-0.2, -0.15) is 5.10 Å². The molecule has 1 aliphatic rings. The van der Waals surface area contributed by atoms with E-state index in [1.54, 1.807) is 34.1 Å². The number of anilines is 1. The van der Waals surface area contributed by atoms with E-state index >= 15 is 0 Å². The number of amides is 4. The lowest BCUT2D eigenvalue weighted by atomic mass is 10.2. The summed E-state index contributed by atoms with van der Waals surface area (Å²) in [5.74, 6) is 1.04. The van der Waals surface area contributed by atoms with E-state index in [1.807, 2.05) is 27.1 Å². The van der Waals surface area contributed by atoms with Crippen molar-refractivity contribution < 1.29 is 14.3 Å². The van der Waals surface area contributed by atoms with Gasteiger partial charge in [-0.1, -0.05) is 0 Å². The normalized spacial score (nSPS) is 13.7. The summed E-state index contributed by atoms with van der Waals surface area (Å²) < 4.78 is 7.48. The third-order valence-electron chi connectivity index (χ3n) is 4.72. The van der Waals surface area contributed by atoms with Crippen LogP contribution in [0.25, 0.3) is 11.3 Å². The standard InChI is InChI=1S/C20H22N8O3/c1-13(2)27-6-7-28(20(27)30)19(29)25-18-22-10-16(11-23-18)31-15-4-5-21-17(8-15)14-9-24-26(3)12-14/h4-5,8-13H,6-7H2,1-3H3,(H,22,23,25,29). The average molecular weight is 422 g/mol. The second-order valence-corrected chi connectivity index (χ2v) is 7.28. The minimum Gasteiger partial charge on any atom is -0.454 e. The number of pyridine rings is 1. The molecule has 0 radical (unpaired) electrons. The molecule has 0 atom stereocenters. The van der Waals surface area contributed by atoms with Crippen molar-refractivity contribution >= 4 is 18.0 Å². The molecular formula is C20H22N8O3. The Hall–Kier alpha value is -4.02. The average Bonchev–Trinajstić information content (AvgIpc) is 3.35. The van der Waals surface area contributed by atoms with Gasteiger partial charge in [-0.15, -0.1) is 0 Å². The molecule has 4 heterocycles. The number of nitrogens with one attached hydrogen (secondary N) is 1. The summed E-state index contributed by atoms with van der Waals surface area (Å²) in [6, 6.07) is 2.65. The summed E-state index contributed by atoms with van der Waals surface area (Å²) in [6.45, 7) is 4.64. The Morgan fingerprint density at radius 1 is 1.13 bits per heavy atom.